The van der Waals surface area contributed by atoms with Gasteiger partial charge in [0, 0.05) is 11.6 Å². The minimum atomic E-state index is 0.750. The molecule has 0 unspecified atom stereocenters. The fraction of sp³-hybridized carbons (Fsp3) is 0.600. The highest BCUT2D eigenvalue weighted by Gasteiger charge is 2.01. The van der Waals surface area contributed by atoms with Gasteiger partial charge in [-0.2, -0.15) is 0 Å². The van der Waals surface area contributed by atoms with Gasteiger partial charge in [0.2, 0.25) is 5.13 Å². The van der Waals surface area contributed by atoms with Gasteiger partial charge >= 0.3 is 0 Å². The van der Waals surface area contributed by atoms with Crippen molar-refractivity contribution in [1.82, 2.24) is 4.98 Å². The molecular weight excluding hydrogens is 180 g/mol. The second-order valence-electron chi connectivity index (χ2n) is 3.44. The maximum atomic E-state index is 4.39. The van der Waals surface area contributed by atoms with Gasteiger partial charge in [-0.25, -0.2) is 9.98 Å². The van der Waals surface area contributed by atoms with Gasteiger partial charge in [0.05, 0.1) is 5.69 Å². The largest absolute Gasteiger partial charge is 0.233 e. The zero-order chi connectivity index (χ0) is 9.68. The van der Waals surface area contributed by atoms with E-state index in [1.165, 1.54) is 12.1 Å². The number of aromatic nitrogens is 1. The summed E-state index contributed by atoms with van der Waals surface area (Å²) in [6, 6.07) is 0. The molecule has 2 nitrogen and oxygen atoms in total. The highest BCUT2D eigenvalue weighted by atomic mass is 32.1. The standard InChI is InChI=1S/C10H16N2S/c1-4-11-10-12-9(7-13-10)6-5-8(2)3/h4,7-8H,5-6H2,1-3H3. The number of hydrogen-bond donors (Lipinski definition) is 0. The lowest BCUT2D eigenvalue weighted by atomic mass is 10.1. The van der Waals surface area contributed by atoms with Crippen LogP contribution in [0.1, 0.15) is 32.9 Å². The molecule has 0 radical (unpaired) electrons. The Morgan fingerprint density at radius 2 is 2.38 bits per heavy atom. The van der Waals surface area contributed by atoms with Crippen LogP contribution in [-0.2, 0) is 6.42 Å². The molecule has 0 aromatic carbocycles. The van der Waals surface area contributed by atoms with Crippen LogP contribution in [0, 0.1) is 5.92 Å². The Bertz CT molecular complexity index is 276. The van der Waals surface area contributed by atoms with E-state index in [9.17, 15) is 0 Å². The molecule has 0 aliphatic heterocycles. The lowest BCUT2D eigenvalue weighted by Crippen LogP contribution is -1.91. The highest BCUT2D eigenvalue weighted by molar-refractivity contribution is 7.13. The molecule has 0 aliphatic rings. The van der Waals surface area contributed by atoms with E-state index in [-0.39, 0.29) is 0 Å². The minimum absolute atomic E-state index is 0.750. The maximum absolute atomic E-state index is 4.39. The molecule has 3 heteroatoms. The Kier molecular flexibility index (Phi) is 4.09. The van der Waals surface area contributed by atoms with E-state index in [0.29, 0.717) is 0 Å². The fourth-order valence-corrected chi connectivity index (χ4v) is 1.77. The van der Waals surface area contributed by atoms with E-state index in [0.717, 1.165) is 17.5 Å². The van der Waals surface area contributed by atoms with Gasteiger partial charge in [0.15, 0.2) is 0 Å². The predicted molar refractivity (Wildman–Crippen MR) is 59.1 cm³/mol. The van der Waals surface area contributed by atoms with Gasteiger partial charge in [-0.05, 0) is 25.7 Å². The van der Waals surface area contributed by atoms with Crippen molar-refractivity contribution in [2.75, 3.05) is 0 Å². The normalized spacial score (nSPS) is 11.7. The zero-order valence-corrected chi connectivity index (χ0v) is 9.27. The summed E-state index contributed by atoms with van der Waals surface area (Å²) in [5.41, 5.74) is 1.18. The second-order valence-corrected chi connectivity index (χ2v) is 4.28. The number of rotatable bonds is 4. The van der Waals surface area contributed by atoms with E-state index < -0.39 is 0 Å². The molecule has 0 aliphatic carbocycles. The van der Waals surface area contributed by atoms with Crippen LogP contribution in [0.15, 0.2) is 10.4 Å². The fourth-order valence-electron chi connectivity index (χ4n) is 1.02. The topological polar surface area (TPSA) is 25.2 Å². The smallest absolute Gasteiger partial charge is 0.208 e. The Labute approximate surface area is 83.7 Å². The number of hydrogen-bond acceptors (Lipinski definition) is 3. The predicted octanol–water partition coefficient (Wildman–Crippen LogP) is 3.45. The lowest BCUT2D eigenvalue weighted by molar-refractivity contribution is 0.582. The molecule has 0 bridgehead atoms. The molecule has 1 aromatic heterocycles. The summed E-state index contributed by atoms with van der Waals surface area (Å²) in [6.45, 7) is 6.38. The summed E-state index contributed by atoms with van der Waals surface area (Å²) >= 11 is 1.62. The van der Waals surface area contributed by atoms with E-state index >= 15 is 0 Å². The first-order valence-corrected chi connectivity index (χ1v) is 5.53. The van der Waals surface area contributed by atoms with E-state index in [2.05, 4.69) is 29.2 Å². The first kappa shape index (κ1) is 10.4. The molecule has 72 valence electrons. The lowest BCUT2D eigenvalue weighted by Gasteiger charge is -2.00. The first-order valence-electron chi connectivity index (χ1n) is 4.65. The van der Waals surface area contributed by atoms with Crippen molar-refractivity contribution in [2.45, 2.75) is 33.6 Å². The first-order chi connectivity index (χ1) is 6.22. The van der Waals surface area contributed by atoms with Crippen molar-refractivity contribution in [2.24, 2.45) is 10.9 Å². The third-order valence-electron chi connectivity index (χ3n) is 1.76. The molecule has 0 spiro atoms. The van der Waals surface area contributed by atoms with Gasteiger partial charge in [-0.15, -0.1) is 11.3 Å². The number of nitrogens with zero attached hydrogens (tertiary/aromatic N) is 2. The molecule has 1 aromatic rings. The van der Waals surface area contributed by atoms with Crippen LogP contribution in [0.4, 0.5) is 5.13 Å². The molecule has 0 N–H and O–H groups in total. The van der Waals surface area contributed by atoms with Crippen molar-refractivity contribution in [3.8, 4) is 0 Å². The average Bonchev–Trinajstić information content (AvgIpc) is 2.50. The van der Waals surface area contributed by atoms with E-state index in [1.54, 1.807) is 17.6 Å². The van der Waals surface area contributed by atoms with E-state index in [1.807, 2.05) is 6.92 Å². The van der Waals surface area contributed by atoms with Crippen LogP contribution < -0.4 is 0 Å². The second kappa shape index (κ2) is 5.12. The molecule has 13 heavy (non-hydrogen) atoms. The van der Waals surface area contributed by atoms with Crippen LogP contribution in [0.25, 0.3) is 0 Å². The Morgan fingerprint density at radius 3 is 3.00 bits per heavy atom. The monoisotopic (exact) mass is 196 g/mol. The van der Waals surface area contributed by atoms with Crippen LogP contribution in [0.5, 0.6) is 0 Å². The molecule has 0 amide bonds. The highest BCUT2D eigenvalue weighted by Crippen LogP contribution is 2.19. The van der Waals surface area contributed by atoms with E-state index in [4.69, 9.17) is 0 Å². The summed E-state index contributed by atoms with van der Waals surface area (Å²) in [5.74, 6) is 0.750. The molecule has 0 fully saturated rings. The van der Waals surface area contributed by atoms with Gasteiger partial charge in [0.25, 0.3) is 0 Å². The molecule has 1 rings (SSSR count). The zero-order valence-electron chi connectivity index (χ0n) is 8.45. The SMILES string of the molecule is CC=Nc1nc(CCC(C)C)cs1. The van der Waals surface area contributed by atoms with Crippen molar-refractivity contribution in [3.05, 3.63) is 11.1 Å². The Morgan fingerprint density at radius 1 is 1.62 bits per heavy atom. The van der Waals surface area contributed by atoms with Gasteiger partial charge in [0.1, 0.15) is 0 Å². The summed E-state index contributed by atoms with van der Waals surface area (Å²) < 4.78 is 0. The van der Waals surface area contributed by atoms with Gasteiger partial charge in [-0.3, -0.25) is 0 Å². The molecule has 0 saturated heterocycles. The number of thiazole rings is 1. The van der Waals surface area contributed by atoms with Crippen molar-refractivity contribution >= 4 is 22.7 Å². The molecule has 1 heterocycles. The van der Waals surface area contributed by atoms with Crippen LogP contribution in [-0.4, -0.2) is 11.2 Å². The summed E-state index contributed by atoms with van der Waals surface area (Å²) in [6.07, 6.45) is 4.07. The molecule has 0 atom stereocenters. The van der Waals surface area contributed by atoms with Crippen LogP contribution in [0.3, 0.4) is 0 Å². The van der Waals surface area contributed by atoms with Gasteiger partial charge < -0.3 is 0 Å². The third kappa shape index (κ3) is 3.68. The third-order valence-corrected chi connectivity index (χ3v) is 2.55. The number of aliphatic imine (C=N–C) groups is 1. The van der Waals surface area contributed by atoms with Crippen LogP contribution >= 0.6 is 11.3 Å². The quantitative estimate of drug-likeness (QED) is 0.677. The Balaban J connectivity index is 2.49. The van der Waals surface area contributed by atoms with Crippen molar-refractivity contribution in [3.63, 3.8) is 0 Å². The van der Waals surface area contributed by atoms with Gasteiger partial charge in [-0.1, -0.05) is 13.8 Å². The minimum Gasteiger partial charge on any atom is -0.233 e. The summed E-state index contributed by atoms with van der Waals surface area (Å²) in [5, 5.41) is 2.98. The maximum Gasteiger partial charge on any atom is 0.208 e. The molecule has 0 saturated carbocycles. The summed E-state index contributed by atoms with van der Waals surface area (Å²) in [7, 11) is 0. The molecular formula is C10H16N2S. The Hall–Kier alpha value is -0.700. The number of aryl methyl sites for hydroxylation is 1. The summed E-state index contributed by atoms with van der Waals surface area (Å²) in [4.78, 5) is 8.53. The van der Waals surface area contributed by atoms with Crippen molar-refractivity contribution in [1.29, 1.82) is 0 Å². The average molecular weight is 196 g/mol. The van der Waals surface area contributed by atoms with Crippen LogP contribution in [0.2, 0.25) is 0 Å². The van der Waals surface area contributed by atoms with Crippen molar-refractivity contribution < 1.29 is 0 Å².